The van der Waals surface area contributed by atoms with Crippen LogP contribution in [-0.2, 0) is 24.1 Å². The van der Waals surface area contributed by atoms with Gasteiger partial charge in [-0.25, -0.2) is 9.97 Å². The number of hydrogen-bond donors (Lipinski definition) is 2. The Hall–Kier alpha value is -4.64. The van der Waals surface area contributed by atoms with Gasteiger partial charge in [0.25, 0.3) is 0 Å². The molecule has 0 radical (unpaired) electrons. The van der Waals surface area contributed by atoms with Crippen molar-refractivity contribution < 1.29 is 32.9 Å². The average Bonchev–Trinajstić information content (AvgIpc) is 3.06. The maximum Gasteiger partial charge on any atom is 0.416 e. The highest BCUT2D eigenvalue weighted by Gasteiger charge is 2.31. The molecule has 11 heteroatoms. The van der Waals surface area contributed by atoms with E-state index in [1.165, 1.54) is 24.0 Å². The molecule has 1 aliphatic heterocycles. The second-order valence-corrected chi connectivity index (χ2v) is 14.2. The van der Waals surface area contributed by atoms with Crippen LogP contribution in [0.25, 0.3) is 11.1 Å². The maximum absolute atomic E-state index is 13.9. The molecule has 0 spiro atoms. The molecule has 1 aromatic heterocycles. The first-order valence-corrected chi connectivity index (χ1v) is 17.4. The number of carboxylic acid groups (broad SMARTS) is 1. The number of hydrogen-bond acceptors (Lipinski definition) is 7. The van der Waals surface area contributed by atoms with Crippen molar-refractivity contribution in [1.82, 2.24) is 9.97 Å². The van der Waals surface area contributed by atoms with Gasteiger partial charge in [-0.1, -0.05) is 49.7 Å². The minimum Gasteiger partial charge on any atom is -0.490 e. The van der Waals surface area contributed by atoms with Crippen LogP contribution in [0.5, 0.6) is 5.75 Å². The fraction of sp³-hybridized carbons (Fsp3) is 0.425. The SMILES string of the molecule is Cc1cc(CN(Cc2cc(N3CCC(C)(O)CC3)ccc2-c2cc(C(C)C)ccc2C)c2ncc(OCCCC(=O)O)cn2)cc(C(F)(F)F)c1. The first kappa shape index (κ1) is 37.6. The van der Waals surface area contributed by atoms with Crippen LogP contribution in [0.4, 0.5) is 24.8 Å². The summed E-state index contributed by atoms with van der Waals surface area (Å²) in [5.74, 6) is 0.0734. The molecule has 8 nitrogen and oxygen atoms in total. The normalized spacial score (nSPS) is 14.5. The largest absolute Gasteiger partial charge is 0.490 e. The van der Waals surface area contributed by atoms with Crippen LogP contribution in [0.1, 0.15) is 85.8 Å². The second kappa shape index (κ2) is 15.7. The van der Waals surface area contributed by atoms with Gasteiger partial charge in [-0.15, -0.1) is 0 Å². The van der Waals surface area contributed by atoms with E-state index in [-0.39, 0.29) is 26.1 Å². The Morgan fingerprint density at radius 3 is 2.33 bits per heavy atom. The number of ether oxygens (including phenoxy) is 1. The summed E-state index contributed by atoms with van der Waals surface area (Å²) < 4.78 is 47.4. The number of anilines is 2. The van der Waals surface area contributed by atoms with E-state index in [2.05, 4.69) is 72.0 Å². The van der Waals surface area contributed by atoms with Crippen LogP contribution in [0, 0.1) is 13.8 Å². The zero-order valence-corrected chi connectivity index (χ0v) is 29.9. The number of carbonyl (C=O) groups is 1. The molecule has 0 amide bonds. The van der Waals surface area contributed by atoms with Crippen LogP contribution >= 0.6 is 0 Å². The highest BCUT2D eigenvalue weighted by Crippen LogP contribution is 2.36. The standard InChI is InChI=1S/C40H47F3N4O4/c1-26(2)30-9-8-28(4)36(21-30)35-11-10-33(46-14-12-39(5,50)13-15-46)20-31(35)25-47(24-29-17-27(3)18-32(19-29)40(41,42)43)38-44-22-34(23-45-38)51-16-6-7-37(48)49/h8-11,17-23,26,50H,6-7,12-16,24-25H2,1-5H3,(H,48,49). The van der Waals surface area contributed by atoms with Gasteiger partial charge in [0.05, 0.1) is 30.2 Å². The number of benzene rings is 3. The molecule has 51 heavy (non-hydrogen) atoms. The van der Waals surface area contributed by atoms with Crippen LogP contribution in [0.2, 0.25) is 0 Å². The molecule has 2 N–H and O–H groups in total. The van der Waals surface area contributed by atoms with E-state index in [1.54, 1.807) is 13.0 Å². The number of rotatable bonds is 13. The molecule has 1 saturated heterocycles. The number of aliphatic carboxylic acids is 1. The number of nitrogens with zero attached hydrogens (tertiary/aromatic N) is 4. The summed E-state index contributed by atoms with van der Waals surface area (Å²) in [7, 11) is 0. The van der Waals surface area contributed by atoms with Crippen molar-refractivity contribution in [2.75, 3.05) is 29.5 Å². The summed E-state index contributed by atoms with van der Waals surface area (Å²) >= 11 is 0. The fourth-order valence-electron chi connectivity index (χ4n) is 6.41. The number of alkyl halides is 3. The van der Waals surface area contributed by atoms with Crippen LogP contribution in [0.15, 0.2) is 67.0 Å². The quantitative estimate of drug-likeness (QED) is 0.133. The molecule has 2 heterocycles. The first-order valence-electron chi connectivity index (χ1n) is 17.4. The molecule has 0 atom stereocenters. The molecule has 272 valence electrons. The molecule has 5 rings (SSSR count). The Morgan fingerprint density at radius 1 is 0.980 bits per heavy atom. The lowest BCUT2D eigenvalue weighted by Crippen LogP contribution is -2.42. The van der Waals surface area contributed by atoms with Gasteiger partial charge in [-0.3, -0.25) is 4.79 Å². The smallest absolute Gasteiger partial charge is 0.416 e. The van der Waals surface area contributed by atoms with Crippen molar-refractivity contribution in [2.24, 2.45) is 0 Å². The van der Waals surface area contributed by atoms with E-state index in [1.807, 2.05) is 11.8 Å². The third-order valence-corrected chi connectivity index (χ3v) is 9.41. The van der Waals surface area contributed by atoms with Crippen molar-refractivity contribution in [3.63, 3.8) is 0 Å². The molecule has 1 fully saturated rings. The minimum atomic E-state index is -4.50. The van der Waals surface area contributed by atoms with E-state index in [0.29, 0.717) is 61.1 Å². The number of piperidine rings is 1. The van der Waals surface area contributed by atoms with Crippen LogP contribution < -0.4 is 14.5 Å². The van der Waals surface area contributed by atoms with Gasteiger partial charge in [0.2, 0.25) is 5.95 Å². The monoisotopic (exact) mass is 704 g/mol. The fourth-order valence-corrected chi connectivity index (χ4v) is 6.41. The topological polar surface area (TPSA) is 99.0 Å². The summed E-state index contributed by atoms with van der Waals surface area (Å²) in [6, 6.07) is 16.9. The van der Waals surface area contributed by atoms with Gasteiger partial charge in [-0.05, 0) is 104 Å². The van der Waals surface area contributed by atoms with Gasteiger partial charge >= 0.3 is 12.1 Å². The van der Waals surface area contributed by atoms with Gasteiger partial charge in [0, 0.05) is 38.3 Å². The molecular formula is C40H47F3N4O4. The van der Waals surface area contributed by atoms with Crippen LogP contribution in [0.3, 0.4) is 0 Å². The highest BCUT2D eigenvalue weighted by atomic mass is 19.4. The molecule has 3 aromatic carbocycles. The van der Waals surface area contributed by atoms with E-state index in [0.717, 1.165) is 34.0 Å². The minimum absolute atomic E-state index is 0.0270. The molecule has 4 aromatic rings. The van der Waals surface area contributed by atoms with Crippen molar-refractivity contribution in [1.29, 1.82) is 0 Å². The second-order valence-electron chi connectivity index (χ2n) is 14.2. The van der Waals surface area contributed by atoms with E-state index in [9.17, 15) is 23.1 Å². The summed E-state index contributed by atoms with van der Waals surface area (Å²) in [5, 5.41) is 19.5. The van der Waals surface area contributed by atoms with E-state index < -0.39 is 23.3 Å². The Morgan fingerprint density at radius 2 is 1.69 bits per heavy atom. The average molecular weight is 705 g/mol. The lowest BCUT2D eigenvalue weighted by atomic mass is 9.90. The van der Waals surface area contributed by atoms with Crippen molar-refractivity contribution in [3.8, 4) is 16.9 Å². The Kier molecular flexibility index (Phi) is 11.6. The zero-order valence-electron chi connectivity index (χ0n) is 29.9. The number of aromatic nitrogens is 2. The third kappa shape index (κ3) is 10.00. The number of carboxylic acids is 1. The van der Waals surface area contributed by atoms with E-state index in [4.69, 9.17) is 9.84 Å². The van der Waals surface area contributed by atoms with E-state index >= 15 is 0 Å². The van der Waals surface area contributed by atoms with Gasteiger partial charge in [-0.2, -0.15) is 13.2 Å². The van der Waals surface area contributed by atoms with Crippen molar-refractivity contribution in [2.45, 2.75) is 91.1 Å². The lowest BCUT2D eigenvalue weighted by Gasteiger charge is -2.37. The molecule has 0 unspecified atom stereocenters. The summed E-state index contributed by atoms with van der Waals surface area (Å²) in [6.45, 7) is 11.8. The number of aliphatic hydroxyl groups is 1. The number of halogens is 3. The first-order chi connectivity index (χ1) is 24.1. The zero-order chi connectivity index (χ0) is 36.9. The van der Waals surface area contributed by atoms with Gasteiger partial charge < -0.3 is 24.7 Å². The highest BCUT2D eigenvalue weighted by molar-refractivity contribution is 5.74. The molecule has 0 saturated carbocycles. The molecule has 0 bridgehead atoms. The number of aryl methyl sites for hydroxylation is 2. The van der Waals surface area contributed by atoms with Crippen LogP contribution in [-0.4, -0.2) is 51.4 Å². The molecule has 1 aliphatic rings. The summed E-state index contributed by atoms with van der Waals surface area (Å²) in [4.78, 5) is 24.2. The third-order valence-electron chi connectivity index (χ3n) is 9.41. The lowest BCUT2D eigenvalue weighted by molar-refractivity contribution is -0.138. The maximum atomic E-state index is 13.9. The summed E-state index contributed by atoms with van der Waals surface area (Å²) in [6.07, 6.45) is 0.0745. The predicted octanol–water partition coefficient (Wildman–Crippen LogP) is 8.70. The predicted molar refractivity (Wildman–Crippen MR) is 193 cm³/mol. The van der Waals surface area contributed by atoms with Crippen molar-refractivity contribution in [3.05, 3.63) is 100 Å². The van der Waals surface area contributed by atoms with Gasteiger partial charge in [0.15, 0.2) is 5.75 Å². The Bertz CT molecular complexity index is 1820. The van der Waals surface area contributed by atoms with Gasteiger partial charge in [0.1, 0.15) is 0 Å². The molecular weight excluding hydrogens is 657 g/mol. The molecule has 0 aliphatic carbocycles. The Labute approximate surface area is 297 Å². The summed E-state index contributed by atoms with van der Waals surface area (Å²) in [5.41, 5.74) is 5.87. The van der Waals surface area contributed by atoms with Crippen molar-refractivity contribution >= 4 is 17.6 Å². The Balaban J connectivity index is 1.57.